The van der Waals surface area contributed by atoms with Gasteiger partial charge in [0.2, 0.25) is 11.6 Å². The summed E-state index contributed by atoms with van der Waals surface area (Å²) in [7, 11) is 0. The molecule has 9 nitrogen and oxygen atoms in total. The SMILES string of the molecule is Cc1cccc(C(=O)Nc2cc(C=NC3CCC(O)(C4CC4)CC3)c(N)cc2-c2ncco2)[n+]1O. The van der Waals surface area contributed by atoms with Crippen molar-refractivity contribution < 1.29 is 24.3 Å². The van der Waals surface area contributed by atoms with Gasteiger partial charge in [0.15, 0.2) is 0 Å². The fourth-order valence-electron chi connectivity index (χ4n) is 4.82. The molecule has 0 saturated heterocycles. The van der Waals surface area contributed by atoms with Gasteiger partial charge in [0.1, 0.15) is 6.26 Å². The molecule has 3 aromatic rings. The van der Waals surface area contributed by atoms with Crippen molar-refractivity contribution in [2.24, 2.45) is 10.9 Å². The molecule has 0 spiro atoms. The Labute approximate surface area is 203 Å². The molecular formula is C26H30N5O4+. The monoisotopic (exact) mass is 476 g/mol. The first kappa shape index (κ1) is 23.0. The number of nitrogen functional groups attached to an aromatic ring is 1. The normalized spacial score (nSPS) is 22.4. The molecular weight excluding hydrogens is 446 g/mol. The van der Waals surface area contributed by atoms with Crippen molar-refractivity contribution in [1.82, 2.24) is 4.98 Å². The number of aromatic nitrogens is 2. The second kappa shape index (κ2) is 9.14. The number of rotatable bonds is 6. The molecule has 0 unspecified atom stereocenters. The van der Waals surface area contributed by atoms with E-state index in [2.05, 4.69) is 10.3 Å². The van der Waals surface area contributed by atoms with Crippen LogP contribution in [0, 0.1) is 12.8 Å². The molecule has 0 atom stereocenters. The number of carbonyl (C=O) groups is 1. The van der Waals surface area contributed by atoms with Crippen LogP contribution in [0.1, 0.15) is 60.3 Å². The van der Waals surface area contributed by atoms with Gasteiger partial charge in [-0.25, -0.2) is 4.98 Å². The lowest BCUT2D eigenvalue weighted by molar-refractivity contribution is -0.909. The van der Waals surface area contributed by atoms with Crippen LogP contribution in [-0.4, -0.2) is 39.1 Å². The molecule has 1 amide bonds. The zero-order valence-electron chi connectivity index (χ0n) is 19.6. The molecule has 35 heavy (non-hydrogen) atoms. The molecule has 0 bridgehead atoms. The number of pyridine rings is 1. The number of aryl methyl sites for hydroxylation is 1. The standard InChI is InChI=1S/C26H29N5O4/c1-16-3-2-4-23(31(16)34)24(32)30-22-13-17(21(27)14-20(22)25-28-11-12-35-25)15-29-19-7-9-26(33,10-8-19)18-5-6-18/h2-4,11-15,18-19,27,32-34H,5-10H2,1H3/p+1. The Morgan fingerprint density at radius 2 is 2.06 bits per heavy atom. The molecule has 9 heteroatoms. The summed E-state index contributed by atoms with van der Waals surface area (Å²) < 4.78 is 6.29. The van der Waals surface area contributed by atoms with Crippen LogP contribution in [0.2, 0.25) is 0 Å². The van der Waals surface area contributed by atoms with Gasteiger partial charge in [0.05, 0.1) is 29.1 Å². The van der Waals surface area contributed by atoms with Crippen molar-refractivity contribution in [3.05, 3.63) is 59.7 Å². The molecule has 182 valence electrons. The summed E-state index contributed by atoms with van der Waals surface area (Å²) in [6, 6.07) is 8.47. The maximum absolute atomic E-state index is 13.0. The highest BCUT2D eigenvalue weighted by Gasteiger charge is 2.45. The second-order valence-corrected chi connectivity index (χ2v) is 9.57. The molecule has 5 rings (SSSR count). The average molecular weight is 477 g/mol. The number of aliphatic imine (C=N–C) groups is 1. The van der Waals surface area contributed by atoms with Crippen molar-refractivity contribution in [3.8, 4) is 11.5 Å². The summed E-state index contributed by atoms with van der Waals surface area (Å²) >= 11 is 0. The highest BCUT2D eigenvalue weighted by atomic mass is 16.5. The molecule has 2 heterocycles. The van der Waals surface area contributed by atoms with E-state index in [-0.39, 0.29) is 11.7 Å². The van der Waals surface area contributed by atoms with Crippen molar-refractivity contribution in [2.75, 3.05) is 11.1 Å². The summed E-state index contributed by atoms with van der Waals surface area (Å²) in [6.07, 6.45) is 10.2. The lowest BCUT2D eigenvalue weighted by atomic mass is 9.79. The van der Waals surface area contributed by atoms with E-state index in [0.29, 0.717) is 40.0 Å². The Hall–Kier alpha value is -3.72. The number of nitrogens with zero attached hydrogens (tertiary/aromatic N) is 3. The maximum Gasteiger partial charge on any atom is 0.325 e. The van der Waals surface area contributed by atoms with E-state index in [1.807, 2.05) is 0 Å². The van der Waals surface area contributed by atoms with Crippen molar-refractivity contribution >= 4 is 23.5 Å². The molecule has 2 aliphatic rings. The number of oxazole rings is 1. The minimum atomic E-state index is -0.514. The van der Waals surface area contributed by atoms with E-state index in [1.165, 1.54) is 18.5 Å². The Bertz CT molecular complexity index is 1260. The van der Waals surface area contributed by atoms with Gasteiger partial charge in [-0.05, 0) is 62.6 Å². The molecule has 2 fully saturated rings. The highest BCUT2D eigenvalue weighted by molar-refractivity contribution is 6.05. The third-order valence-corrected chi connectivity index (χ3v) is 7.10. The fourth-order valence-corrected chi connectivity index (χ4v) is 4.82. The van der Waals surface area contributed by atoms with E-state index in [9.17, 15) is 15.1 Å². The molecule has 0 aliphatic heterocycles. The number of nitrogens with one attached hydrogen (secondary N) is 1. The van der Waals surface area contributed by atoms with E-state index >= 15 is 0 Å². The van der Waals surface area contributed by atoms with E-state index in [0.717, 1.165) is 43.3 Å². The predicted octanol–water partition coefficient (Wildman–Crippen LogP) is 3.51. The van der Waals surface area contributed by atoms with E-state index < -0.39 is 11.5 Å². The number of anilines is 2. The largest absolute Gasteiger partial charge is 0.444 e. The van der Waals surface area contributed by atoms with Crippen LogP contribution in [0.15, 0.2) is 52.2 Å². The van der Waals surface area contributed by atoms with Crippen LogP contribution in [0.25, 0.3) is 11.5 Å². The molecule has 0 radical (unpaired) electrons. The Kier molecular flexibility index (Phi) is 6.02. The van der Waals surface area contributed by atoms with Gasteiger partial charge >= 0.3 is 11.6 Å². The van der Waals surface area contributed by atoms with Crippen LogP contribution < -0.4 is 15.8 Å². The van der Waals surface area contributed by atoms with Crippen molar-refractivity contribution in [1.29, 1.82) is 0 Å². The summed E-state index contributed by atoms with van der Waals surface area (Å²) in [5, 5.41) is 23.9. The number of benzene rings is 1. The first-order valence-corrected chi connectivity index (χ1v) is 12.0. The van der Waals surface area contributed by atoms with Gasteiger partial charge in [0.25, 0.3) is 0 Å². The van der Waals surface area contributed by atoms with Crippen LogP contribution in [0.3, 0.4) is 0 Å². The van der Waals surface area contributed by atoms with Crippen LogP contribution in [0.5, 0.6) is 0 Å². The molecule has 2 aliphatic carbocycles. The number of carbonyl (C=O) groups excluding carboxylic acids is 1. The summed E-state index contributed by atoms with van der Waals surface area (Å²) in [6.45, 7) is 1.70. The summed E-state index contributed by atoms with van der Waals surface area (Å²) in [5.74, 6) is 0.273. The minimum absolute atomic E-state index is 0.0840. The van der Waals surface area contributed by atoms with Gasteiger partial charge in [-0.1, -0.05) is 0 Å². The zero-order valence-corrected chi connectivity index (χ0v) is 19.6. The van der Waals surface area contributed by atoms with Gasteiger partial charge in [-0.2, -0.15) is 0 Å². The third-order valence-electron chi connectivity index (χ3n) is 7.10. The molecule has 1 aromatic carbocycles. The summed E-state index contributed by atoms with van der Waals surface area (Å²) in [4.78, 5) is 21.9. The van der Waals surface area contributed by atoms with Crippen LogP contribution >= 0.6 is 0 Å². The zero-order chi connectivity index (χ0) is 24.6. The van der Waals surface area contributed by atoms with E-state index in [1.54, 1.807) is 37.4 Å². The van der Waals surface area contributed by atoms with Crippen molar-refractivity contribution in [2.45, 2.75) is 57.1 Å². The lowest BCUT2D eigenvalue weighted by Gasteiger charge is -2.35. The van der Waals surface area contributed by atoms with Gasteiger partial charge in [-0.3, -0.25) is 15.0 Å². The molecule has 2 aromatic heterocycles. The third kappa shape index (κ3) is 4.77. The van der Waals surface area contributed by atoms with Gasteiger partial charge < -0.3 is 20.6 Å². The average Bonchev–Trinajstić information content (AvgIpc) is 3.58. The Morgan fingerprint density at radius 3 is 2.74 bits per heavy atom. The number of hydrogen-bond acceptors (Lipinski definition) is 7. The first-order valence-electron chi connectivity index (χ1n) is 12.0. The Balaban J connectivity index is 1.40. The molecule has 5 N–H and O–H groups in total. The van der Waals surface area contributed by atoms with Gasteiger partial charge in [0, 0.05) is 41.3 Å². The van der Waals surface area contributed by atoms with Gasteiger partial charge in [-0.15, -0.1) is 0 Å². The minimum Gasteiger partial charge on any atom is -0.444 e. The number of aliphatic hydroxyl groups is 1. The predicted molar refractivity (Wildman–Crippen MR) is 130 cm³/mol. The number of nitrogens with two attached hydrogens (primary N) is 1. The smallest absolute Gasteiger partial charge is 0.325 e. The quantitative estimate of drug-likeness (QED) is 0.186. The Morgan fingerprint density at radius 1 is 1.29 bits per heavy atom. The number of hydrogen-bond donors (Lipinski definition) is 4. The van der Waals surface area contributed by atoms with Crippen molar-refractivity contribution in [3.63, 3.8) is 0 Å². The fraction of sp³-hybridized carbons (Fsp3) is 0.385. The van der Waals surface area contributed by atoms with Crippen LogP contribution in [-0.2, 0) is 0 Å². The molecule has 2 saturated carbocycles. The topological polar surface area (TPSA) is 138 Å². The highest BCUT2D eigenvalue weighted by Crippen LogP contribution is 2.47. The number of amides is 1. The van der Waals surface area contributed by atoms with Crippen LogP contribution in [0.4, 0.5) is 11.4 Å². The first-order chi connectivity index (χ1) is 16.8. The summed E-state index contributed by atoms with van der Waals surface area (Å²) in [5.41, 5.74) is 8.50. The lowest BCUT2D eigenvalue weighted by Crippen LogP contribution is -2.42. The maximum atomic E-state index is 13.0. The second-order valence-electron chi connectivity index (χ2n) is 9.57. The van der Waals surface area contributed by atoms with E-state index in [4.69, 9.17) is 15.1 Å².